The predicted octanol–water partition coefficient (Wildman–Crippen LogP) is 3.29. The Kier molecular flexibility index (Phi) is 3.15. The number of benzene rings is 2. The standard InChI is InChI=1S/C13H13NOS/c1-9-2-4-12-7-10(8-14-13(15)16)3-5-11(12)6-9/h2-7H,8H2,1H3,(H2,14,15,16). The van der Waals surface area contributed by atoms with Gasteiger partial charge >= 0.3 is 0 Å². The lowest BCUT2D eigenvalue weighted by atomic mass is 10.0. The van der Waals surface area contributed by atoms with Crippen molar-refractivity contribution in [3.63, 3.8) is 0 Å². The van der Waals surface area contributed by atoms with E-state index < -0.39 is 0 Å². The highest BCUT2D eigenvalue weighted by atomic mass is 32.1. The highest BCUT2D eigenvalue weighted by Crippen LogP contribution is 2.17. The first-order valence-electron chi connectivity index (χ1n) is 5.11. The molecule has 2 nitrogen and oxygen atoms in total. The van der Waals surface area contributed by atoms with E-state index >= 15 is 0 Å². The summed E-state index contributed by atoms with van der Waals surface area (Å²) in [6.07, 6.45) is 0. The molecule has 0 fully saturated rings. The van der Waals surface area contributed by atoms with E-state index in [1.807, 2.05) is 6.07 Å². The number of carbonyl (C=O) groups is 1. The predicted molar refractivity (Wildman–Crippen MR) is 69.9 cm³/mol. The van der Waals surface area contributed by atoms with Gasteiger partial charge in [-0.3, -0.25) is 4.79 Å². The van der Waals surface area contributed by atoms with Gasteiger partial charge in [0.25, 0.3) is 5.24 Å². The average molecular weight is 231 g/mol. The largest absolute Gasteiger partial charge is 0.343 e. The van der Waals surface area contributed by atoms with Crippen LogP contribution in [0.4, 0.5) is 4.79 Å². The summed E-state index contributed by atoms with van der Waals surface area (Å²) in [7, 11) is 0. The minimum atomic E-state index is -0.302. The summed E-state index contributed by atoms with van der Waals surface area (Å²) < 4.78 is 0. The van der Waals surface area contributed by atoms with Gasteiger partial charge in [-0.05, 0) is 29.3 Å². The van der Waals surface area contributed by atoms with Crippen molar-refractivity contribution in [3.8, 4) is 0 Å². The summed E-state index contributed by atoms with van der Waals surface area (Å²) in [6, 6.07) is 12.5. The molecule has 2 rings (SSSR count). The zero-order valence-electron chi connectivity index (χ0n) is 9.03. The SMILES string of the molecule is Cc1ccc2cc(CNC(=O)S)ccc2c1. The molecule has 0 heterocycles. The van der Waals surface area contributed by atoms with Gasteiger partial charge in [-0.25, -0.2) is 0 Å². The van der Waals surface area contributed by atoms with E-state index in [-0.39, 0.29) is 5.24 Å². The Morgan fingerprint density at radius 3 is 2.62 bits per heavy atom. The first-order valence-corrected chi connectivity index (χ1v) is 5.56. The van der Waals surface area contributed by atoms with Crippen LogP contribution in [0, 0.1) is 6.92 Å². The molecule has 82 valence electrons. The molecule has 1 amide bonds. The minimum absolute atomic E-state index is 0.302. The summed E-state index contributed by atoms with van der Waals surface area (Å²) in [5.41, 5.74) is 2.34. The summed E-state index contributed by atoms with van der Waals surface area (Å²) in [5.74, 6) is 0. The number of nitrogens with one attached hydrogen (secondary N) is 1. The van der Waals surface area contributed by atoms with Crippen LogP contribution in [-0.2, 0) is 6.54 Å². The molecule has 0 saturated heterocycles. The van der Waals surface area contributed by atoms with Crippen LogP contribution in [0.3, 0.4) is 0 Å². The molecule has 2 aromatic rings. The molecule has 1 N–H and O–H groups in total. The van der Waals surface area contributed by atoms with Crippen molar-refractivity contribution in [2.45, 2.75) is 13.5 Å². The van der Waals surface area contributed by atoms with Crippen LogP contribution in [0.1, 0.15) is 11.1 Å². The van der Waals surface area contributed by atoms with Crippen LogP contribution in [0.15, 0.2) is 36.4 Å². The highest BCUT2D eigenvalue weighted by molar-refractivity contribution is 7.96. The molecule has 0 unspecified atom stereocenters. The lowest BCUT2D eigenvalue weighted by molar-refractivity contribution is 0.260. The Morgan fingerprint density at radius 2 is 1.88 bits per heavy atom. The second kappa shape index (κ2) is 4.58. The third kappa shape index (κ3) is 2.55. The fourth-order valence-corrected chi connectivity index (χ4v) is 1.78. The molecular formula is C13H13NOS. The Bertz CT molecular complexity index is 536. The maximum Gasteiger partial charge on any atom is 0.276 e. The third-order valence-electron chi connectivity index (χ3n) is 2.50. The Morgan fingerprint density at radius 1 is 1.19 bits per heavy atom. The van der Waals surface area contributed by atoms with E-state index in [1.165, 1.54) is 16.3 Å². The molecular weight excluding hydrogens is 218 g/mol. The highest BCUT2D eigenvalue weighted by Gasteiger charge is 1.98. The van der Waals surface area contributed by atoms with Gasteiger partial charge in [0.1, 0.15) is 0 Å². The topological polar surface area (TPSA) is 29.1 Å². The van der Waals surface area contributed by atoms with Crippen molar-refractivity contribution in [3.05, 3.63) is 47.5 Å². The number of fused-ring (bicyclic) bond motifs is 1. The minimum Gasteiger partial charge on any atom is -0.343 e. The van der Waals surface area contributed by atoms with Gasteiger partial charge in [0, 0.05) is 6.54 Å². The summed E-state index contributed by atoms with van der Waals surface area (Å²) in [6.45, 7) is 2.60. The van der Waals surface area contributed by atoms with Gasteiger partial charge in [-0.2, -0.15) is 0 Å². The molecule has 3 heteroatoms. The monoisotopic (exact) mass is 231 g/mol. The number of rotatable bonds is 2. The number of amides is 1. The second-order valence-electron chi connectivity index (χ2n) is 3.84. The van der Waals surface area contributed by atoms with Gasteiger partial charge in [0.05, 0.1) is 0 Å². The number of hydrogen-bond acceptors (Lipinski definition) is 1. The van der Waals surface area contributed by atoms with Crippen molar-refractivity contribution >= 4 is 28.6 Å². The van der Waals surface area contributed by atoms with E-state index in [1.54, 1.807) is 0 Å². The van der Waals surface area contributed by atoms with Crippen LogP contribution in [0.2, 0.25) is 0 Å². The quantitative estimate of drug-likeness (QED) is 0.763. The summed E-state index contributed by atoms with van der Waals surface area (Å²) in [5, 5.41) is 4.78. The van der Waals surface area contributed by atoms with Crippen molar-refractivity contribution < 1.29 is 4.79 Å². The second-order valence-corrected chi connectivity index (χ2v) is 4.25. The van der Waals surface area contributed by atoms with Crippen LogP contribution >= 0.6 is 12.6 Å². The normalized spacial score (nSPS) is 10.4. The fourth-order valence-electron chi connectivity index (χ4n) is 1.70. The smallest absolute Gasteiger partial charge is 0.276 e. The van der Waals surface area contributed by atoms with Gasteiger partial charge < -0.3 is 5.32 Å². The van der Waals surface area contributed by atoms with Crippen molar-refractivity contribution in [1.82, 2.24) is 5.32 Å². The van der Waals surface area contributed by atoms with E-state index in [9.17, 15) is 4.79 Å². The maximum absolute atomic E-state index is 10.7. The number of hydrogen-bond donors (Lipinski definition) is 2. The molecule has 16 heavy (non-hydrogen) atoms. The Balaban J connectivity index is 2.30. The first kappa shape index (κ1) is 11.0. The van der Waals surface area contributed by atoms with E-state index in [0.717, 1.165) is 5.56 Å². The molecule has 0 bridgehead atoms. The molecule has 0 spiro atoms. The molecule has 0 atom stereocenters. The van der Waals surface area contributed by atoms with Gasteiger partial charge in [-0.1, -0.05) is 48.5 Å². The molecule has 0 saturated carbocycles. The lowest BCUT2D eigenvalue weighted by Crippen LogP contribution is -2.15. The zero-order valence-corrected chi connectivity index (χ0v) is 9.92. The Hall–Kier alpha value is -1.48. The van der Waals surface area contributed by atoms with Crippen LogP contribution in [0.5, 0.6) is 0 Å². The molecule has 0 aliphatic carbocycles. The fraction of sp³-hybridized carbons (Fsp3) is 0.154. The van der Waals surface area contributed by atoms with Gasteiger partial charge in [-0.15, -0.1) is 0 Å². The van der Waals surface area contributed by atoms with Gasteiger partial charge in [0.2, 0.25) is 0 Å². The molecule has 0 aromatic heterocycles. The van der Waals surface area contributed by atoms with Crippen LogP contribution < -0.4 is 5.32 Å². The van der Waals surface area contributed by atoms with Crippen LogP contribution in [0.25, 0.3) is 10.8 Å². The first-order chi connectivity index (χ1) is 7.65. The third-order valence-corrected chi connectivity index (χ3v) is 2.66. The Labute approximate surface area is 100 Å². The van der Waals surface area contributed by atoms with E-state index in [4.69, 9.17) is 0 Å². The summed E-state index contributed by atoms with van der Waals surface area (Å²) >= 11 is 3.67. The van der Waals surface area contributed by atoms with Crippen molar-refractivity contribution in [1.29, 1.82) is 0 Å². The molecule has 2 aromatic carbocycles. The summed E-state index contributed by atoms with van der Waals surface area (Å²) in [4.78, 5) is 10.7. The molecule has 0 aliphatic heterocycles. The molecule has 0 aliphatic rings. The van der Waals surface area contributed by atoms with Crippen LogP contribution in [-0.4, -0.2) is 5.24 Å². The van der Waals surface area contributed by atoms with Crippen molar-refractivity contribution in [2.75, 3.05) is 0 Å². The van der Waals surface area contributed by atoms with Gasteiger partial charge in [0.15, 0.2) is 0 Å². The molecule has 0 radical (unpaired) electrons. The number of thiol groups is 1. The van der Waals surface area contributed by atoms with E-state index in [0.29, 0.717) is 6.54 Å². The average Bonchev–Trinajstić information content (AvgIpc) is 2.26. The van der Waals surface area contributed by atoms with Crippen molar-refractivity contribution in [2.24, 2.45) is 0 Å². The lowest BCUT2D eigenvalue weighted by Gasteiger charge is -2.04. The maximum atomic E-state index is 10.7. The zero-order chi connectivity index (χ0) is 11.5. The number of aryl methyl sites for hydroxylation is 1. The number of carbonyl (C=O) groups excluding carboxylic acids is 1. The van der Waals surface area contributed by atoms with E-state index in [2.05, 4.69) is 55.2 Å².